The standard InChI is InChI=1S/C21H24N4O5S/c1-3-28-20(27)11-22-19(26)14-31-21-24-23-18(25(21)12-17-5-4-10-29-17)13-30-16-8-6-15(2)7-9-16/h4-10H,3,11-14H2,1-2H3,(H,22,26). The molecule has 0 atom stereocenters. The lowest BCUT2D eigenvalue weighted by Crippen LogP contribution is -2.31. The van der Waals surface area contributed by atoms with Gasteiger partial charge in [0, 0.05) is 0 Å². The number of aryl methyl sites for hydroxylation is 1. The first kappa shape index (κ1) is 22.4. The molecular weight excluding hydrogens is 420 g/mol. The number of ether oxygens (including phenoxy) is 2. The summed E-state index contributed by atoms with van der Waals surface area (Å²) in [4.78, 5) is 23.4. The van der Waals surface area contributed by atoms with Gasteiger partial charge in [0.05, 0.1) is 25.2 Å². The van der Waals surface area contributed by atoms with Crippen molar-refractivity contribution in [3.8, 4) is 5.75 Å². The molecule has 0 fully saturated rings. The van der Waals surface area contributed by atoms with Crippen LogP contribution < -0.4 is 10.1 Å². The Morgan fingerprint density at radius 3 is 2.71 bits per heavy atom. The van der Waals surface area contributed by atoms with E-state index in [0.717, 1.165) is 17.1 Å². The molecule has 3 aromatic rings. The third-order valence-electron chi connectivity index (χ3n) is 4.14. The fourth-order valence-corrected chi connectivity index (χ4v) is 3.38. The number of nitrogens with one attached hydrogen (secondary N) is 1. The maximum Gasteiger partial charge on any atom is 0.325 e. The Hall–Kier alpha value is -3.27. The number of hydrogen-bond donors (Lipinski definition) is 1. The van der Waals surface area contributed by atoms with Gasteiger partial charge >= 0.3 is 5.97 Å². The summed E-state index contributed by atoms with van der Waals surface area (Å²) in [7, 11) is 0. The van der Waals surface area contributed by atoms with Gasteiger partial charge in [0.1, 0.15) is 24.7 Å². The molecule has 164 valence electrons. The molecule has 1 N–H and O–H groups in total. The van der Waals surface area contributed by atoms with Gasteiger partial charge in [-0.15, -0.1) is 10.2 Å². The van der Waals surface area contributed by atoms with Crippen LogP contribution in [-0.4, -0.2) is 45.5 Å². The van der Waals surface area contributed by atoms with Crippen molar-refractivity contribution in [3.05, 3.63) is 59.8 Å². The maximum atomic E-state index is 12.1. The van der Waals surface area contributed by atoms with Crippen LogP contribution in [0.1, 0.15) is 24.1 Å². The monoisotopic (exact) mass is 444 g/mol. The molecule has 0 aliphatic heterocycles. The quantitative estimate of drug-likeness (QED) is 0.355. The molecule has 0 saturated heterocycles. The molecule has 1 aromatic carbocycles. The topological polar surface area (TPSA) is 108 Å². The number of thioether (sulfide) groups is 1. The van der Waals surface area contributed by atoms with Crippen molar-refractivity contribution < 1.29 is 23.5 Å². The van der Waals surface area contributed by atoms with Crippen LogP contribution in [0, 0.1) is 6.92 Å². The highest BCUT2D eigenvalue weighted by molar-refractivity contribution is 7.99. The predicted octanol–water partition coefficient (Wildman–Crippen LogP) is 2.58. The average Bonchev–Trinajstić information content (AvgIpc) is 3.41. The Morgan fingerprint density at radius 2 is 2.00 bits per heavy atom. The van der Waals surface area contributed by atoms with E-state index in [0.29, 0.717) is 17.5 Å². The summed E-state index contributed by atoms with van der Waals surface area (Å²) in [5.74, 6) is 1.36. The molecule has 0 aliphatic rings. The van der Waals surface area contributed by atoms with Crippen molar-refractivity contribution in [2.45, 2.75) is 32.2 Å². The highest BCUT2D eigenvalue weighted by Crippen LogP contribution is 2.20. The summed E-state index contributed by atoms with van der Waals surface area (Å²) in [6, 6.07) is 11.4. The fourth-order valence-electron chi connectivity index (χ4n) is 2.60. The Labute approximate surface area is 184 Å². The van der Waals surface area contributed by atoms with Gasteiger partial charge in [-0.25, -0.2) is 0 Å². The number of carbonyl (C=O) groups excluding carboxylic acids is 2. The molecule has 0 unspecified atom stereocenters. The van der Waals surface area contributed by atoms with Crippen molar-refractivity contribution in [3.63, 3.8) is 0 Å². The fraction of sp³-hybridized carbons (Fsp3) is 0.333. The number of nitrogens with zero attached hydrogens (tertiary/aromatic N) is 3. The Kier molecular flexibility index (Phi) is 8.11. The maximum absolute atomic E-state index is 12.1. The van der Waals surface area contributed by atoms with Crippen molar-refractivity contribution in [1.82, 2.24) is 20.1 Å². The number of furan rings is 1. The van der Waals surface area contributed by atoms with Crippen LogP contribution in [0.15, 0.2) is 52.2 Å². The lowest BCUT2D eigenvalue weighted by Gasteiger charge is -2.10. The molecule has 2 heterocycles. The molecule has 0 spiro atoms. The second kappa shape index (κ2) is 11.2. The van der Waals surface area contributed by atoms with E-state index in [9.17, 15) is 9.59 Å². The molecule has 10 heteroatoms. The van der Waals surface area contributed by atoms with Crippen LogP contribution in [0.5, 0.6) is 5.75 Å². The first-order valence-electron chi connectivity index (χ1n) is 9.74. The Balaban J connectivity index is 1.64. The lowest BCUT2D eigenvalue weighted by molar-refractivity contribution is -0.143. The summed E-state index contributed by atoms with van der Waals surface area (Å²) < 4.78 is 17.9. The van der Waals surface area contributed by atoms with Gasteiger partial charge in [0.15, 0.2) is 11.0 Å². The summed E-state index contributed by atoms with van der Waals surface area (Å²) in [5.41, 5.74) is 1.15. The van der Waals surface area contributed by atoms with Crippen molar-refractivity contribution in [2.75, 3.05) is 18.9 Å². The summed E-state index contributed by atoms with van der Waals surface area (Å²) >= 11 is 1.21. The van der Waals surface area contributed by atoms with Gasteiger partial charge in [-0.3, -0.25) is 14.2 Å². The van der Waals surface area contributed by atoms with Gasteiger partial charge in [0.25, 0.3) is 0 Å². The average molecular weight is 445 g/mol. The van der Waals surface area contributed by atoms with Gasteiger partial charge in [-0.05, 0) is 38.1 Å². The van der Waals surface area contributed by atoms with Gasteiger partial charge in [0.2, 0.25) is 5.91 Å². The van der Waals surface area contributed by atoms with Gasteiger partial charge < -0.3 is 19.2 Å². The van der Waals surface area contributed by atoms with E-state index in [4.69, 9.17) is 13.9 Å². The molecule has 9 nitrogen and oxygen atoms in total. The first-order valence-corrected chi connectivity index (χ1v) is 10.7. The van der Waals surface area contributed by atoms with Gasteiger partial charge in [-0.2, -0.15) is 0 Å². The molecule has 0 radical (unpaired) electrons. The molecular formula is C21H24N4O5S. The zero-order chi connectivity index (χ0) is 22.1. The second-order valence-electron chi connectivity index (χ2n) is 6.54. The van der Waals surface area contributed by atoms with E-state index in [-0.39, 0.29) is 31.4 Å². The number of rotatable bonds is 11. The van der Waals surface area contributed by atoms with Crippen LogP contribution in [0.3, 0.4) is 0 Å². The molecule has 1 amide bonds. The first-order chi connectivity index (χ1) is 15.0. The third-order valence-corrected chi connectivity index (χ3v) is 5.11. The van der Waals surface area contributed by atoms with Crippen molar-refractivity contribution in [1.29, 1.82) is 0 Å². The van der Waals surface area contributed by atoms with Crippen LogP contribution >= 0.6 is 11.8 Å². The van der Waals surface area contributed by atoms with Crippen LogP contribution in [0.4, 0.5) is 0 Å². The van der Waals surface area contributed by atoms with Crippen molar-refractivity contribution in [2.24, 2.45) is 0 Å². The third kappa shape index (κ3) is 6.88. The smallest absolute Gasteiger partial charge is 0.325 e. The molecule has 31 heavy (non-hydrogen) atoms. The molecule has 0 saturated carbocycles. The molecule has 3 rings (SSSR count). The summed E-state index contributed by atoms with van der Waals surface area (Å²) in [6.07, 6.45) is 1.60. The number of hydrogen-bond acceptors (Lipinski definition) is 8. The number of amides is 1. The van der Waals surface area contributed by atoms with E-state index < -0.39 is 5.97 Å². The second-order valence-corrected chi connectivity index (χ2v) is 7.48. The van der Waals surface area contributed by atoms with Crippen LogP contribution in [-0.2, 0) is 27.5 Å². The summed E-state index contributed by atoms with van der Waals surface area (Å²) in [5, 5.41) is 11.5. The van der Waals surface area contributed by atoms with Crippen LogP contribution in [0.2, 0.25) is 0 Å². The molecule has 0 bridgehead atoms. The van der Waals surface area contributed by atoms with E-state index in [2.05, 4.69) is 15.5 Å². The van der Waals surface area contributed by atoms with Crippen molar-refractivity contribution >= 4 is 23.6 Å². The Bertz CT molecular complexity index is 986. The van der Waals surface area contributed by atoms with E-state index in [1.807, 2.05) is 41.8 Å². The van der Waals surface area contributed by atoms with E-state index in [1.54, 1.807) is 19.3 Å². The van der Waals surface area contributed by atoms with E-state index in [1.165, 1.54) is 11.8 Å². The predicted molar refractivity (Wildman–Crippen MR) is 114 cm³/mol. The minimum atomic E-state index is -0.475. The number of carbonyl (C=O) groups is 2. The highest BCUT2D eigenvalue weighted by Gasteiger charge is 2.16. The zero-order valence-corrected chi connectivity index (χ0v) is 18.2. The number of benzene rings is 1. The number of esters is 1. The van der Waals surface area contributed by atoms with E-state index >= 15 is 0 Å². The zero-order valence-electron chi connectivity index (χ0n) is 17.4. The lowest BCUT2D eigenvalue weighted by atomic mass is 10.2. The minimum Gasteiger partial charge on any atom is -0.486 e. The molecule has 2 aromatic heterocycles. The van der Waals surface area contributed by atoms with Gasteiger partial charge in [-0.1, -0.05) is 29.5 Å². The van der Waals surface area contributed by atoms with Crippen LogP contribution in [0.25, 0.3) is 0 Å². The molecule has 0 aliphatic carbocycles. The Morgan fingerprint density at radius 1 is 1.19 bits per heavy atom. The number of aromatic nitrogens is 3. The SMILES string of the molecule is CCOC(=O)CNC(=O)CSc1nnc(COc2ccc(C)cc2)n1Cc1ccco1. The normalized spacial score (nSPS) is 10.6. The highest BCUT2D eigenvalue weighted by atomic mass is 32.2. The largest absolute Gasteiger partial charge is 0.486 e. The summed E-state index contributed by atoms with van der Waals surface area (Å²) in [6.45, 7) is 4.44. The minimum absolute atomic E-state index is 0.0779.